The van der Waals surface area contributed by atoms with Crippen LogP contribution in [0.3, 0.4) is 0 Å². The zero-order valence-corrected chi connectivity index (χ0v) is 17.3. The predicted molar refractivity (Wildman–Crippen MR) is 116 cm³/mol. The second kappa shape index (κ2) is 11.0. The summed E-state index contributed by atoms with van der Waals surface area (Å²) in [6.45, 7) is 3.33. The van der Waals surface area contributed by atoms with Crippen molar-refractivity contribution in [1.29, 1.82) is 5.26 Å². The highest BCUT2D eigenvalue weighted by molar-refractivity contribution is 7.99. The molecule has 1 aliphatic heterocycles. The fourth-order valence-corrected chi connectivity index (χ4v) is 4.10. The van der Waals surface area contributed by atoms with Crippen molar-refractivity contribution in [3.63, 3.8) is 0 Å². The van der Waals surface area contributed by atoms with Crippen LogP contribution in [0.15, 0.2) is 48.5 Å². The Hall–Kier alpha value is -2.33. The van der Waals surface area contributed by atoms with Crippen LogP contribution in [-0.2, 0) is 23.6 Å². The number of benzene rings is 2. The molecule has 2 aromatic carbocycles. The lowest BCUT2D eigenvalue weighted by atomic mass is 10.1. The van der Waals surface area contributed by atoms with Crippen molar-refractivity contribution in [2.75, 3.05) is 18.8 Å². The van der Waals surface area contributed by atoms with Crippen LogP contribution in [0.25, 0.3) is 0 Å². The molecule has 1 amide bonds. The molecule has 0 aliphatic carbocycles. The Kier molecular flexibility index (Phi) is 8.12. The Morgan fingerprint density at radius 2 is 1.69 bits per heavy atom. The van der Waals surface area contributed by atoms with Gasteiger partial charge < -0.3 is 10.4 Å². The van der Waals surface area contributed by atoms with Gasteiger partial charge in [0.25, 0.3) is 0 Å². The standard InChI is InChI=1S/C23H27N3O2S/c24-13-18-1-7-21(8-2-18)16-29-17-23(28)25-14-19-3-5-20(6-4-19)15-26-11-9-22(27)10-12-26/h1-8,22,27H,9-12,14-17H2,(H,25,28). The molecule has 2 aromatic rings. The van der Waals surface area contributed by atoms with Crippen molar-refractivity contribution in [2.24, 2.45) is 0 Å². The summed E-state index contributed by atoms with van der Waals surface area (Å²) in [5.74, 6) is 1.19. The maximum atomic E-state index is 12.1. The molecule has 0 saturated carbocycles. The molecule has 0 bridgehead atoms. The third kappa shape index (κ3) is 7.21. The van der Waals surface area contributed by atoms with Crippen molar-refractivity contribution >= 4 is 17.7 Å². The van der Waals surface area contributed by atoms with Crippen LogP contribution < -0.4 is 5.32 Å². The lowest BCUT2D eigenvalue weighted by molar-refractivity contribution is -0.118. The molecule has 152 valence electrons. The van der Waals surface area contributed by atoms with Gasteiger partial charge in [0.1, 0.15) is 0 Å². The SMILES string of the molecule is N#Cc1ccc(CSCC(=O)NCc2ccc(CN3CCC(O)CC3)cc2)cc1. The van der Waals surface area contributed by atoms with E-state index >= 15 is 0 Å². The van der Waals surface area contributed by atoms with Gasteiger partial charge >= 0.3 is 0 Å². The van der Waals surface area contributed by atoms with E-state index in [0.717, 1.165) is 49.4 Å². The van der Waals surface area contributed by atoms with Crippen molar-refractivity contribution < 1.29 is 9.90 Å². The van der Waals surface area contributed by atoms with Gasteiger partial charge in [0, 0.05) is 31.9 Å². The summed E-state index contributed by atoms with van der Waals surface area (Å²) in [6.07, 6.45) is 1.57. The number of aliphatic hydroxyl groups is 1. The van der Waals surface area contributed by atoms with Crippen molar-refractivity contribution in [3.8, 4) is 6.07 Å². The Labute approximate surface area is 176 Å². The third-order valence-corrected chi connectivity index (χ3v) is 6.06. The first-order valence-electron chi connectivity index (χ1n) is 9.94. The minimum atomic E-state index is -0.139. The van der Waals surface area contributed by atoms with E-state index in [1.807, 2.05) is 12.1 Å². The monoisotopic (exact) mass is 409 g/mol. The predicted octanol–water partition coefficient (Wildman–Crippen LogP) is 3.06. The minimum absolute atomic E-state index is 0.0274. The fourth-order valence-electron chi connectivity index (χ4n) is 3.29. The van der Waals surface area contributed by atoms with Crippen LogP contribution in [0.2, 0.25) is 0 Å². The zero-order valence-electron chi connectivity index (χ0n) is 16.5. The van der Waals surface area contributed by atoms with Gasteiger partial charge in [-0.05, 0) is 41.7 Å². The number of carbonyl (C=O) groups excluding carboxylic acids is 1. The first kappa shape index (κ1) is 21.4. The molecule has 5 nitrogen and oxygen atoms in total. The number of aliphatic hydroxyl groups excluding tert-OH is 1. The van der Waals surface area contributed by atoms with Gasteiger partial charge in [-0.1, -0.05) is 36.4 Å². The molecule has 0 spiro atoms. The molecule has 0 aromatic heterocycles. The van der Waals surface area contributed by atoms with E-state index in [4.69, 9.17) is 5.26 Å². The topological polar surface area (TPSA) is 76.4 Å². The largest absolute Gasteiger partial charge is 0.393 e. The second-order valence-electron chi connectivity index (χ2n) is 7.40. The number of carbonyl (C=O) groups is 1. The van der Waals surface area contributed by atoms with E-state index in [-0.39, 0.29) is 12.0 Å². The van der Waals surface area contributed by atoms with Gasteiger partial charge in [-0.3, -0.25) is 9.69 Å². The minimum Gasteiger partial charge on any atom is -0.393 e. The van der Waals surface area contributed by atoms with E-state index in [9.17, 15) is 9.90 Å². The van der Waals surface area contributed by atoms with Crippen molar-refractivity contribution in [2.45, 2.75) is 37.8 Å². The molecule has 2 N–H and O–H groups in total. The number of piperidine rings is 1. The fraction of sp³-hybridized carbons (Fsp3) is 0.391. The summed E-state index contributed by atoms with van der Waals surface area (Å²) in [5.41, 5.74) is 4.11. The van der Waals surface area contributed by atoms with Crippen LogP contribution >= 0.6 is 11.8 Å². The summed E-state index contributed by atoms with van der Waals surface area (Å²) in [7, 11) is 0. The van der Waals surface area contributed by atoms with Gasteiger partial charge in [-0.2, -0.15) is 5.26 Å². The Morgan fingerprint density at radius 3 is 2.34 bits per heavy atom. The van der Waals surface area contributed by atoms with Gasteiger partial charge in [-0.15, -0.1) is 11.8 Å². The highest BCUT2D eigenvalue weighted by Crippen LogP contribution is 2.15. The maximum absolute atomic E-state index is 12.1. The van der Waals surface area contributed by atoms with Crippen LogP contribution in [0.4, 0.5) is 0 Å². The number of rotatable bonds is 8. The third-order valence-electron chi connectivity index (χ3n) is 5.06. The smallest absolute Gasteiger partial charge is 0.230 e. The maximum Gasteiger partial charge on any atom is 0.230 e. The summed E-state index contributed by atoms with van der Waals surface area (Å²) < 4.78 is 0. The number of amides is 1. The number of hydrogen-bond donors (Lipinski definition) is 2. The quantitative estimate of drug-likeness (QED) is 0.701. The lowest BCUT2D eigenvalue weighted by Crippen LogP contribution is -2.35. The van der Waals surface area contributed by atoms with Crippen LogP contribution in [0, 0.1) is 11.3 Å². The number of hydrogen-bond acceptors (Lipinski definition) is 5. The number of thioether (sulfide) groups is 1. The number of nitrogens with one attached hydrogen (secondary N) is 1. The van der Waals surface area contributed by atoms with Gasteiger partial charge in [0.15, 0.2) is 0 Å². The van der Waals surface area contributed by atoms with E-state index < -0.39 is 0 Å². The average molecular weight is 410 g/mol. The van der Waals surface area contributed by atoms with E-state index in [1.54, 1.807) is 23.9 Å². The average Bonchev–Trinajstić information content (AvgIpc) is 2.75. The molecule has 1 saturated heterocycles. The molecule has 1 aliphatic rings. The summed E-state index contributed by atoms with van der Waals surface area (Å²) in [4.78, 5) is 14.4. The van der Waals surface area contributed by atoms with Crippen LogP contribution in [-0.4, -0.2) is 40.9 Å². The second-order valence-corrected chi connectivity index (χ2v) is 8.39. The lowest BCUT2D eigenvalue weighted by Gasteiger charge is -2.29. The van der Waals surface area contributed by atoms with E-state index in [2.05, 4.69) is 40.6 Å². The summed E-state index contributed by atoms with van der Waals surface area (Å²) in [6, 6.07) is 17.9. The summed E-state index contributed by atoms with van der Waals surface area (Å²) >= 11 is 1.57. The molecular formula is C23H27N3O2S. The van der Waals surface area contributed by atoms with Crippen LogP contribution in [0.1, 0.15) is 35.1 Å². The number of likely N-dealkylation sites (tertiary alicyclic amines) is 1. The Balaban J connectivity index is 1.34. The Morgan fingerprint density at radius 1 is 1.07 bits per heavy atom. The molecule has 29 heavy (non-hydrogen) atoms. The van der Waals surface area contributed by atoms with Crippen molar-refractivity contribution in [3.05, 3.63) is 70.8 Å². The van der Waals surface area contributed by atoms with E-state index in [0.29, 0.717) is 17.9 Å². The Bertz CT molecular complexity index is 823. The molecule has 3 rings (SSSR count). The molecule has 0 unspecified atom stereocenters. The molecular weight excluding hydrogens is 382 g/mol. The highest BCUT2D eigenvalue weighted by atomic mass is 32.2. The normalized spacial score (nSPS) is 15.0. The summed E-state index contributed by atoms with van der Waals surface area (Å²) in [5, 5.41) is 21.4. The highest BCUT2D eigenvalue weighted by Gasteiger charge is 2.16. The zero-order chi connectivity index (χ0) is 20.5. The van der Waals surface area contributed by atoms with E-state index in [1.165, 1.54) is 5.56 Å². The molecule has 1 fully saturated rings. The van der Waals surface area contributed by atoms with Gasteiger partial charge in [-0.25, -0.2) is 0 Å². The molecule has 0 radical (unpaired) electrons. The van der Waals surface area contributed by atoms with Crippen LogP contribution in [0.5, 0.6) is 0 Å². The number of nitrogens with zero attached hydrogens (tertiary/aromatic N) is 2. The molecule has 6 heteroatoms. The molecule has 1 heterocycles. The first-order chi connectivity index (χ1) is 14.1. The number of nitriles is 1. The first-order valence-corrected chi connectivity index (χ1v) is 11.1. The van der Waals surface area contributed by atoms with Gasteiger partial charge in [0.2, 0.25) is 5.91 Å². The van der Waals surface area contributed by atoms with Gasteiger partial charge in [0.05, 0.1) is 23.5 Å². The molecule has 0 atom stereocenters. The van der Waals surface area contributed by atoms with Crippen molar-refractivity contribution in [1.82, 2.24) is 10.2 Å².